The third kappa shape index (κ3) is 8.10. The molecule has 0 unspecified atom stereocenters. The lowest BCUT2D eigenvalue weighted by molar-refractivity contribution is 0.569. The number of hydrogen-bond acceptors (Lipinski definition) is 3. The molecule has 0 amide bonds. The first-order chi connectivity index (χ1) is 5.98. The van der Waals surface area contributed by atoms with Crippen molar-refractivity contribution < 1.29 is 8.42 Å². The van der Waals surface area contributed by atoms with Gasteiger partial charge in [-0.2, -0.15) is 8.42 Å². The standard InChI is InChI=1S/C6H15N3O2S2/c1-8-13(10,11)9-5-3-2-4-6(7)12/h8-9H,2-5H2,1H3,(H2,7,12). The Labute approximate surface area is 84.3 Å². The normalized spacial score (nSPS) is 11.5. The first-order valence-electron chi connectivity index (χ1n) is 3.94. The highest BCUT2D eigenvalue weighted by atomic mass is 32.2. The van der Waals surface area contributed by atoms with E-state index < -0.39 is 10.2 Å². The van der Waals surface area contributed by atoms with Gasteiger partial charge in [0.25, 0.3) is 10.2 Å². The van der Waals surface area contributed by atoms with Gasteiger partial charge in [0.2, 0.25) is 0 Å². The molecule has 0 aliphatic carbocycles. The molecule has 7 heteroatoms. The molecule has 0 aromatic carbocycles. The van der Waals surface area contributed by atoms with Crippen LogP contribution in [0.15, 0.2) is 0 Å². The fourth-order valence-corrected chi connectivity index (χ4v) is 1.40. The van der Waals surface area contributed by atoms with E-state index in [1.807, 2.05) is 0 Å². The molecule has 0 spiro atoms. The Morgan fingerprint density at radius 3 is 2.54 bits per heavy atom. The van der Waals surface area contributed by atoms with Gasteiger partial charge in [-0.3, -0.25) is 0 Å². The van der Waals surface area contributed by atoms with Crippen LogP contribution in [0.25, 0.3) is 0 Å². The van der Waals surface area contributed by atoms with E-state index in [9.17, 15) is 8.42 Å². The van der Waals surface area contributed by atoms with E-state index in [1.165, 1.54) is 7.05 Å². The Morgan fingerprint density at radius 2 is 2.08 bits per heavy atom. The van der Waals surface area contributed by atoms with Crippen molar-refractivity contribution in [2.45, 2.75) is 19.3 Å². The average molecular weight is 225 g/mol. The van der Waals surface area contributed by atoms with Crippen LogP contribution in [-0.4, -0.2) is 27.0 Å². The second kappa shape index (κ2) is 6.25. The molecule has 0 fully saturated rings. The van der Waals surface area contributed by atoms with Crippen molar-refractivity contribution in [3.8, 4) is 0 Å². The van der Waals surface area contributed by atoms with Crippen LogP contribution >= 0.6 is 12.2 Å². The monoisotopic (exact) mass is 225 g/mol. The second-order valence-corrected chi connectivity index (χ2v) is 4.75. The van der Waals surface area contributed by atoms with Gasteiger partial charge in [0.15, 0.2) is 0 Å². The fraction of sp³-hybridized carbons (Fsp3) is 0.833. The smallest absolute Gasteiger partial charge is 0.276 e. The van der Waals surface area contributed by atoms with E-state index in [0.29, 0.717) is 18.0 Å². The lowest BCUT2D eigenvalue weighted by atomic mass is 10.2. The highest BCUT2D eigenvalue weighted by Gasteiger charge is 2.03. The molecule has 5 nitrogen and oxygen atoms in total. The zero-order valence-electron chi connectivity index (χ0n) is 7.54. The van der Waals surface area contributed by atoms with Crippen molar-refractivity contribution in [2.24, 2.45) is 5.73 Å². The Morgan fingerprint density at radius 1 is 1.46 bits per heavy atom. The maximum Gasteiger partial charge on any atom is 0.276 e. The quantitative estimate of drug-likeness (QED) is 0.403. The summed E-state index contributed by atoms with van der Waals surface area (Å²) >= 11 is 4.67. The van der Waals surface area contributed by atoms with Gasteiger partial charge in [0.05, 0.1) is 4.99 Å². The first-order valence-corrected chi connectivity index (χ1v) is 5.83. The van der Waals surface area contributed by atoms with Crippen LogP contribution in [0.5, 0.6) is 0 Å². The van der Waals surface area contributed by atoms with Crippen LogP contribution < -0.4 is 15.2 Å². The van der Waals surface area contributed by atoms with Gasteiger partial charge in [0, 0.05) is 13.6 Å². The van der Waals surface area contributed by atoms with Crippen LogP contribution in [0.1, 0.15) is 19.3 Å². The molecule has 4 N–H and O–H groups in total. The summed E-state index contributed by atoms with van der Waals surface area (Å²) in [5, 5.41) is 0. The second-order valence-electron chi connectivity index (χ2n) is 2.53. The van der Waals surface area contributed by atoms with Crippen LogP contribution in [0.2, 0.25) is 0 Å². The Kier molecular flexibility index (Phi) is 6.13. The molecule has 0 saturated carbocycles. The molecule has 0 radical (unpaired) electrons. The molecule has 0 saturated heterocycles. The number of unbranched alkanes of at least 4 members (excludes halogenated alkanes) is 1. The lowest BCUT2D eigenvalue weighted by Crippen LogP contribution is -2.34. The Hall–Kier alpha value is -0.240. The van der Waals surface area contributed by atoms with Crippen LogP contribution in [-0.2, 0) is 10.2 Å². The van der Waals surface area contributed by atoms with Crippen LogP contribution in [0.3, 0.4) is 0 Å². The zero-order valence-corrected chi connectivity index (χ0v) is 9.17. The Balaban J connectivity index is 3.42. The van der Waals surface area contributed by atoms with Crippen molar-refractivity contribution in [3.63, 3.8) is 0 Å². The molecule has 13 heavy (non-hydrogen) atoms. The van der Waals surface area contributed by atoms with Crippen molar-refractivity contribution in [1.29, 1.82) is 0 Å². The van der Waals surface area contributed by atoms with Gasteiger partial charge in [0.1, 0.15) is 0 Å². The minimum absolute atomic E-state index is 0.409. The van der Waals surface area contributed by atoms with Gasteiger partial charge >= 0.3 is 0 Å². The van der Waals surface area contributed by atoms with Crippen molar-refractivity contribution in [3.05, 3.63) is 0 Å². The predicted octanol–water partition coefficient (Wildman–Crippen LogP) is -0.503. The van der Waals surface area contributed by atoms with E-state index in [-0.39, 0.29) is 0 Å². The Bertz CT molecular complexity index is 251. The summed E-state index contributed by atoms with van der Waals surface area (Å²) in [4.78, 5) is 0.469. The zero-order chi connectivity index (χ0) is 10.3. The highest BCUT2D eigenvalue weighted by Crippen LogP contribution is 1.93. The van der Waals surface area contributed by atoms with Gasteiger partial charge in [-0.05, 0) is 19.3 Å². The summed E-state index contributed by atoms with van der Waals surface area (Å²) in [6, 6.07) is 0. The minimum atomic E-state index is -3.28. The molecule has 78 valence electrons. The maximum atomic E-state index is 10.8. The minimum Gasteiger partial charge on any atom is -0.393 e. The highest BCUT2D eigenvalue weighted by molar-refractivity contribution is 7.87. The lowest BCUT2D eigenvalue weighted by Gasteiger charge is -2.03. The molecule has 0 aliphatic rings. The van der Waals surface area contributed by atoms with E-state index in [4.69, 9.17) is 5.73 Å². The number of nitrogens with one attached hydrogen (secondary N) is 2. The number of rotatable bonds is 7. The van der Waals surface area contributed by atoms with E-state index in [0.717, 1.165) is 12.8 Å². The van der Waals surface area contributed by atoms with Gasteiger partial charge in [-0.1, -0.05) is 12.2 Å². The van der Waals surface area contributed by atoms with Crippen molar-refractivity contribution in [2.75, 3.05) is 13.6 Å². The summed E-state index contributed by atoms with van der Waals surface area (Å²) in [6.07, 6.45) is 2.20. The van der Waals surface area contributed by atoms with Gasteiger partial charge in [-0.15, -0.1) is 0 Å². The maximum absolute atomic E-state index is 10.8. The fourth-order valence-electron chi connectivity index (χ4n) is 0.703. The summed E-state index contributed by atoms with van der Waals surface area (Å²) < 4.78 is 26.2. The van der Waals surface area contributed by atoms with Crippen molar-refractivity contribution in [1.82, 2.24) is 9.44 Å². The van der Waals surface area contributed by atoms with Gasteiger partial charge in [-0.25, -0.2) is 9.44 Å². The van der Waals surface area contributed by atoms with Gasteiger partial charge < -0.3 is 5.73 Å². The topological polar surface area (TPSA) is 84.2 Å². The molecule has 0 rings (SSSR count). The molecule has 0 aromatic rings. The number of thiocarbonyl (C=S) groups is 1. The third-order valence-corrected chi connectivity index (χ3v) is 2.74. The van der Waals surface area contributed by atoms with Crippen LogP contribution in [0.4, 0.5) is 0 Å². The summed E-state index contributed by atoms with van der Waals surface area (Å²) in [5.74, 6) is 0. The number of nitrogens with two attached hydrogens (primary N) is 1. The average Bonchev–Trinajstić information content (AvgIpc) is 2.03. The molecule has 0 aromatic heterocycles. The van der Waals surface area contributed by atoms with E-state index in [2.05, 4.69) is 21.7 Å². The molecule has 0 bridgehead atoms. The molecular formula is C6H15N3O2S2. The molecule has 0 aliphatic heterocycles. The molecular weight excluding hydrogens is 210 g/mol. The molecule has 0 atom stereocenters. The van der Waals surface area contributed by atoms with Crippen molar-refractivity contribution >= 4 is 27.4 Å². The first kappa shape index (κ1) is 12.8. The summed E-state index contributed by atoms with van der Waals surface area (Å²) in [6.45, 7) is 0.409. The number of hydrogen-bond donors (Lipinski definition) is 3. The largest absolute Gasteiger partial charge is 0.393 e. The SMILES string of the molecule is CNS(=O)(=O)NCCCCC(N)=S. The summed E-state index contributed by atoms with van der Waals surface area (Å²) in [5.41, 5.74) is 5.27. The predicted molar refractivity (Wildman–Crippen MR) is 56.6 cm³/mol. The van der Waals surface area contributed by atoms with Crippen LogP contribution in [0, 0.1) is 0 Å². The van der Waals surface area contributed by atoms with E-state index >= 15 is 0 Å². The van der Waals surface area contributed by atoms with E-state index in [1.54, 1.807) is 0 Å². The molecule has 0 heterocycles. The third-order valence-electron chi connectivity index (χ3n) is 1.41. The summed E-state index contributed by atoms with van der Waals surface area (Å²) in [7, 11) is -1.93.